The molecule has 3 heteroatoms. The summed E-state index contributed by atoms with van der Waals surface area (Å²) in [5.74, 6) is 1.64. The van der Waals surface area contributed by atoms with Crippen molar-refractivity contribution in [3.8, 4) is 5.75 Å². The zero-order valence-electron chi connectivity index (χ0n) is 12.8. The topological polar surface area (TPSA) is 23.4 Å². The summed E-state index contributed by atoms with van der Waals surface area (Å²) in [6, 6.07) is 8.37. The van der Waals surface area contributed by atoms with Crippen LogP contribution in [0.25, 0.3) is 10.9 Å². The summed E-state index contributed by atoms with van der Waals surface area (Å²) in [4.78, 5) is 0. The van der Waals surface area contributed by atoms with Crippen molar-refractivity contribution in [1.29, 1.82) is 0 Å². The molecule has 1 aromatic carbocycles. The van der Waals surface area contributed by atoms with Crippen LogP contribution in [0, 0.1) is 5.92 Å². The van der Waals surface area contributed by atoms with Crippen molar-refractivity contribution < 1.29 is 9.47 Å². The predicted octanol–water partition coefficient (Wildman–Crippen LogP) is 4.10. The molecule has 0 fully saturated rings. The van der Waals surface area contributed by atoms with Gasteiger partial charge in [-0.15, -0.1) is 0 Å². The average molecular weight is 275 g/mol. The Morgan fingerprint density at radius 1 is 1.15 bits per heavy atom. The summed E-state index contributed by atoms with van der Waals surface area (Å²) in [7, 11) is 0. The number of benzene rings is 1. The first-order chi connectivity index (χ1) is 9.70. The molecule has 20 heavy (non-hydrogen) atoms. The number of aromatic nitrogens is 1. The third kappa shape index (κ3) is 4.01. The molecular weight excluding hydrogens is 250 g/mol. The summed E-state index contributed by atoms with van der Waals surface area (Å²) < 4.78 is 13.4. The third-order valence-electron chi connectivity index (χ3n) is 3.37. The van der Waals surface area contributed by atoms with Gasteiger partial charge in [-0.3, -0.25) is 0 Å². The maximum atomic E-state index is 5.68. The van der Waals surface area contributed by atoms with Gasteiger partial charge >= 0.3 is 0 Å². The van der Waals surface area contributed by atoms with E-state index in [1.165, 1.54) is 10.9 Å². The number of ether oxygens (including phenoxy) is 2. The molecule has 0 aliphatic heterocycles. The lowest BCUT2D eigenvalue weighted by Gasteiger charge is -2.09. The van der Waals surface area contributed by atoms with Crippen molar-refractivity contribution >= 4 is 10.9 Å². The second kappa shape index (κ2) is 7.34. The van der Waals surface area contributed by atoms with E-state index in [-0.39, 0.29) is 0 Å². The summed E-state index contributed by atoms with van der Waals surface area (Å²) in [5, 5.41) is 1.22. The quantitative estimate of drug-likeness (QED) is 0.677. The lowest BCUT2D eigenvalue weighted by molar-refractivity contribution is 0.117. The fourth-order valence-electron chi connectivity index (χ4n) is 2.21. The molecule has 0 aliphatic rings. The molecule has 1 heterocycles. The van der Waals surface area contributed by atoms with E-state index in [0.717, 1.165) is 31.9 Å². The smallest absolute Gasteiger partial charge is 0.120 e. The minimum absolute atomic E-state index is 0.704. The van der Waals surface area contributed by atoms with Crippen molar-refractivity contribution in [3.05, 3.63) is 30.5 Å². The largest absolute Gasteiger partial charge is 0.494 e. The molecule has 0 N–H and O–H groups in total. The predicted molar refractivity (Wildman–Crippen MR) is 83.4 cm³/mol. The van der Waals surface area contributed by atoms with E-state index in [9.17, 15) is 0 Å². The Morgan fingerprint density at radius 3 is 2.75 bits per heavy atom. The molecule has 2 rings (SSSR count). The zero-order valence-corrected chi connectivity index (χ0v) is 12.8. The minimum Gasteiger partial charge on any atom is -0.494 e. The lowest BCUT2D eigenvalue weighted by atomic mass is 10.1. The summed E-state index contributed by atoms with van der Waals surface area (Å²) >= 11 is 0. The molecule has 0 saturated carbocycles. The highest BCUT2D eigenvalue weighted by molar-refractivity contribution is 5.81. The van der Waals surface area contributed by atoms with Gasteiger partial charge < -0.3 is 14.0 Å². The molecule has 0 atom stereocenters. The van der Waals surface area contributed by atoms with Crippen LogP contribution in [0.5, 0.6) is 5.75 Å². The minimum atomic E-state index is 0.704. The highest BCUT2D eigenvalue weighted by Crippen LogP contribution is 2.22. The van der Waals surface area contributed by atoms with Crippen molar-refractivity contribution in [2.24, 2.45) is 5.92 Å². The van der Waals surface area contributed by atoms with Gasteiger partial charge in [0.15, 0.2) is 0 Å². The Balaban J connectivity index is 1.90. The Hall–Kier alpha value is -1.48. The average Bonchev–Trinajstić information content (AvgIpc) is 2.81. The maximum absolute atomic E-state index is 5.68. The van der Waals surface area contributed by atoms with Crippen molar-refractivity contribution in [2.75, 3.05) is 19.8 Å². The molecule has 0 amide bonds. The van der Waals surface area contributed by atoms with Gasteiger partial charge in [-0.1, -0.05) is 13.8 Å². The molecule has 110 valence electrons. The van der Waals surface area contributed by atoms with Gasteiger partial charge in [0.1, 0.15) is 5.75 Å². The molecule has 1 aromatic heterocycles. The molecule has 0 bridgehead atoms. The maximum Gasteiger partial charge on any atom is 0.120 e. The fourth-order valence-corrected chi connectivity index (χ4v) is 2.21. The fraction of sp³-hybridized carbons (Fsp3) is 0.529. The monoisotopic (exact) mass is 275 g/mol. The molecular formula is C17H25NO2. The molecule has 3 nitrogen and oxygen atoms in total. The van der Waals surface area contributed by atoms with Crippen LogP contribution in [0.1, 0.15) is 27.2 Å². The van der Waals surface area contributed by atoms with Crippen LogP contribution < -0.4 is 4.74 Å². The summed E-state index contributed by atoms with van der Waals surface area (Å²) in [6.07, 6.45) is 3.25. The number of hydrogen-bond donors (Lipinski definition) is 0. The molecule has 0 radical (unpaired) electrons. The molecule has 0 aliphatic carbocycles. The highest BCUT2D eigenvalue weighted by Gasteiger charge is 2.03. The lowest BCUT2D eigenvalue weighted by Crippen LogP contribution is -2.07. The second-order valence-corrected chi connectivity index (χ2v) is 5.46. The molecule has 0 spiro atoms. The van der Waals surface area contributed by atoms with Gasteiger partial charge in [0.2, 0.25) is 0 Å². The number of fused-ring (bicyclic) bond motifs is 1. The normalized spacial score (nSPS) is 11.4. The van der Waals surface area contributed by atoms with E-state index in [1.54, 1.807) is 0 Å². The van der Waals surface area contributed by atoms with E-state index >= 15 is 0 Å². The Labute approximate surface area is 121 Å². The van der Waals surface area contributed by atoms with Crippen LogP contribution in [0.2, 0.25) is 0 Å². The van der Waals surface area contributed by atoms with Gasteiger partial charge in [-0.2, -0.15) is 0 Å². The van der Waals surface area contributed by atoms with Crippen LogP contribution >= 0.6 is 0 Å². The van der Waals surface area contributed by atoms with Crippen LogP contribution in [0.15, 0.2) is 30.5 Å². The van der Waals surface area contributed by atoms with Crippen molar-refractivity contribution in [3.63, 3.8) is 0 Å². The van der Waals surface area contributed by atoms with Gasteiger partial charge in [-0.25, -0.2) is 0 Å². The molecule has 0 saturated heterocycles. The van der Waals surface area contributed by atoms with Gasteiger partial charge in [0.25, 0.3) is 0 Å². The first-order valence-corrected chi connectivity index (χ1v) is 7.50. The Kier molecular flexibility index (Phi) is 5.48. The van der Waals surface area contributed by atoms with Crippen LogP contribution in [-0.2, 0) is 11.3 Å². The molecule has 2 aromatic rings. The van der Waals surface area contributed by atoms with E-state index < -0.39 is 0 Å². The SMILES string of the molecule is CCOc1ccc2c(ccn2CCOCCC(C)C)c1. The third-order valence-corrected chi connectivity index (χ3v) is 3.37. The summed E-state index contributed by atoms with van der Waals surface area (Å²) in [6.45, 7) is 9.67. The van der Waals surface area contributed by atoms with Gasteiger partial charge in [0, 0.05) is 30.3 Å². The summed E-state index contributed by atoms with van der Waals surface area (Å²) in [5.41, 5.74) is 1.24. The zero-order chi connectivity index (χ0) is 14.4. The van der Waals surface area contributed by atoms with Crippen LogP contribution in [0.4, 0.5) is 0 Å². The van der Waals surface area contributed by atoms with E-state index in [1.807, 2.05) is 13.0 Å². The van der Waals surface area contributed by atoms with Gasteiger partial charge in [0.05, 0.1) is 13.2 Å². The van der Waals surface area contributed by atoms with E-state index in [2.05, 4.69) is 42.8 Å². The van der Waals surface area contributed by atoms with Gasteiger partial charge in [-0.05, 0) is 43.5 Å². The Bertz CT molecular complexity index is 531. The molecule has 0 unspecified atom stereocenters. The first kappa shape index (κ1) is 14.9. The van der Waals surface area contributed by atoms with Crippen molar-refractivity contribution in [2.45, 2.75) is 33.7 Å². The van der Waals surface area contributed by atoms with E-state index in [4.69, 9.17) is 9.47 Å². The number of rotatable bonds is 8. The second-order valence-electron chi connectivity index (χ2n) is 5.46. The van der Waals surface area contributed by atoms with Crippen LogP contribution in [-0.4, -0.2) is 24.4 Å². The van der Waals surface area contributed by atoms with Crippen LogP contribution in [0.3, 0.4) is 0 Å². The number of hydrogen-bond acceptors (Lipinski definition) is 2. The van der Waals surface area contributed by atoms with Crippen molar-refractivity contribution in [1.82, 2.24) is 4.57 Å². The Morgan fingerprint density at radius 2 is 2.00 bits per heavy atom. The standard InChI is InChI=1S/C17H25NO2/c1-4-20-16-5-6-17-15(13-16)7-9-18(17)10-12-19-11-8-14(2)3/h5-7,9,13-14H,4,8,10-12H2,1-3H3. The van der Waals surface area contributed by atoms with E-state index in [0.29, 0.717) is 12.5 Å². The number of nitrogens with zero attached hydrogens (tertiary/aromatic N) is 1. The highest BCUT2D eigenvalue weighted by atomic mass is 16.5. The first-order valence-electron chi connectivity index (χ1n) is 7.50.